The van der Waals surface area contributed by atoms with Gasteiger partial charge in [-0.05, 0) is 54.3 Å². The van der Waals surface area contributed by atoms with Gasteiger partial charge in [0.25, 0.3) is 5.91 Å². The summed E-state index contributed by atoms with van der Waals surface area (Å²) in [6, 6.07) is 16.2. The second kappa shape index (κ2) is 8.00. The van der Waals surface area contributed by atoms with Gasteiger partial charge in [0.2, 0.25) is 0 Å². The molecule has 1 aliphatic rings. The highest BCUT2D eigenvalue weighted by molar-refractivity contribution is 6.13. The highest BCUT2D eigenvalue weighted by atomic mass is 19.2. The monoisotopic (exact) mass is 434 g/mol. The first-order valence-corrected chi connectivity index (χ1v) is 9.99. The fourth-order valence-electron chi connectivity index (χ4n) is 3.84. The van der Waals surface area contributed by atoms with Crippen molar-refractivity contribution in [2.75, 3.05) is 6.54 Å². The van der Waals surface area contributed by atoms with Crippen LogP contribution < -0.4 is 5.32 Å². The Kier molecular flexibility index (Phi) is 5.34. The van der Waals surface area contributed by atoms with Crippen LogP contribution in [0.4, 0.5) is 13.6 Å². The van der Waals surface area contributed by atoms with Crippen LogP contribution in [0.3, 0.4) is 0 Å². The first-order valence-electron chi connectivity index (χ1n) is 9.99. The van der Waals surface area contributed by atoms with E-state index >= 15 is 0 Å². The maximum Gasteiger partial charge on any atom is 0.325 e. The Morgan fingerprint density at radius 2 is 1.59 bits per heavy atom. The number of aryl methyl sites for hydroxylation is 2. The Bertz CT molecular complexity index is 1240. The summed E-state index contributed by atoms with van der Waals surface area (Å²) >= 11 is 0. The van der Waals surface area contributed by atoms with Crippen LogP contribution in [-0.2, 0) is 10.3 Å². The van der Waals surface area contributed by atoms with Crippen molar-refractivity contribution in [1.29, 1.82) is 0 Å². The van der Waals surface area contributed by atoms with Gasteiger partial charge < -0.3 is 5.32 Å². The molecule has 1 saturated heterocycles. The fourth-order valence-corrected chi connectivity index (χ4v) is 3.84. The molecule has 1 fully saturated rings. The second-order valence-corrected chi connectivity index (χ2v) is 7.79. The number of nitrogens with one attached hydrogen (secondary N) is 1. The third-order valence-electron chi connectivity index (χ3n) is 5.80. The molecule has 0 aliphatic carbocycles. The number of imide groups is 1. The number of urea groups is 1. The van der Waals surface area contributed by atoms with Gasteiger partial charge in [-0.2, -0.15) is 0 Å². The smallest absolute Gasteiger partial charge is 0.315 e. The minimum absolute atomic E-state index is 0.132. The number of carbonyl (C=O) groups excluding carboxylic acids is 3. The number of carbonyl (C=O) groups is 3. The third-order valence-corrected chi connectivity index (χ3v) is 5.80. The summed E-state index contributed by atoms with van der Waals surface area (Å²) in [5.41, 5.74) is 1.44. The van der Waals surface area contributed by atoms with E-state index in [1.54, 1.807) is 36.4 Å². The normalized spacial score (nSPS) is 18.1. The quantitative estimate of drug-likeness (QED) is 0.482. The molecule has 7 heteroatoms. The molecule has 162 valence electrons. The van der Waals surface area contributed by atoms with Crippen LogP contribution in [0.5, 0.6) is 0 Å². The minimum Gasteiger partial charge on any atom is -0.315 e. The number of ketones is 1. The summed E-state index contributed by atoms with van der Waals surface area (Å²) in [7, 11) is 0. The summed E-state index contributed by atoms with van der Waals surface area (Å²) in [5.74, 6) is -3.57. The Labute approximate surface area is 183 Å². The van der Waals surface area contributed by atoms with E-state index in [4.69, 9.17) is 0 Å². The highest BCUT2D eigenvalue weighted by Gasteiger charge is 2.54. The lowest BCUT2D eigenvalue weighted by Crippen LogP contribution is -2.45. The Morgan fingerprint density at radius 1 is 0.875 bits per heavy atom. The van der Waals surface area contributed by atoms with E-state index in [9.17, 15) is 23.2 Å². The number of rotatable bonds is 5. The summed E-state index contributed by atoms with van der Waals surface area (Å²) in [4.78, 5) is 40.1. The zero-order chi connectivity index (χ0) is 23.0. The molecule has 0 radical (unpaired) electrons. The van der Waals surface area contributed by atoms with Gasteiger partial charge in [0.15, 0.2) is 23.0 Å². The van der Waals surface area contributed by atoms with Crippen molar-refractivity contribution in [3.63, 3.8) is 0 Å². The molecule has 32 heavy (non-hydrogen) atoms. The van der Waals surface area contributed by atoms with Gasteiger partial charge in [-0.15, -0.1) is 0 Å². The largest absolute Gasteiger partial charge is 0.325 e. The van der Waals surface area contributed by atoms with Gasteiger partial charge >= 0.3 is 6.03 Å². The lowest BCUT2D eigenvalue weighted by Gasteiger charge is -2.28. The van der Waals surface area contributed by atoms with Crippen LogP contribution in [0, 0.1) is 25.5 Å². The molecule has 1 atom stereocenters. The van der Waals surface area contributed by atoms with E-state index in [1.165, 1.54) is 0 Å². The zero-order valence-electron chi connectivity index (χ0n) is 17.5. The van der Waals surface area contributed by atoms with Gasteiger partial charge in [0.05, 0.1) is 6.54 Å². The number of hydrogen-bond donors (Lipinski definition) is 1. The topological polar surface area (TPSA) is 66.5 Å². The number of hydrogen-bond acceptors (Lipinski definition) is 3. The molecule has 0 bridgehead atoms. The number of amides is 3. The van der Waals surface area contributed by atoms with Crippen LogP contribution in [0.1, 0.15) is 32.6 Å². The van der Waals surface area contributed by atoms with Crippen LogP contribution in [0.25, 0.3) is 0 Å². The first kappa shape index (κ1) is 21.4. The molecule has 3 aromatic rings. The molecule has 1 N–H and O–H groups in total. The van der Waals surface area contributed by atoms with E-state index in [2.05, 4.69) is 5.32 Å². The van der Waals surface area contributed by atoms with Gasteiger partial charge in [-0.25, -0.2) is 13.6 Å². The predicted octanol–water partition coefficient (Wildman–Crippen LogP) is 4.26. The molecule has 0 unspecified atom stereocenters. The SMILES string of the molecule is Cc1ccc([C@]2(c3ccccc3)NC(=O)N(CC(=O)c3ccc(F)c(F)c3)C2=O)cc1C. The summed E-state index contributed by atoms with van der Waals surface area (Å²) in [5, 5.41) is 2.77. The average Bonchev–Trinajstić information content (AvgIpc) is 3.03. The molecular weight excluding hydrogens is 414 g/mol. The second-order valence-electron chi connectivity index (χ2n) is 7.79. The van der Waals surface area contributed by atoms with Crippen molar-refractivity contribution >= 4 is 17.7 Å². The lowest BCUT2D eigenvalue weighted by molar-refractivity contribution is -0.129. The fraction of sp³-hybridized carbons (Fsp3) is 0.160. The minimum atomic E-state index is -1.51. The predicted molar refractivity (Wildman–Crippen MR) is 114 cm³/mol. The van der Waals surface area contributed by atoms with E-state index in [0.717, 1.165) is 34.2 Å². The van der Waals surface area contributed by atoms with Crippen molar-refractivity contribution in [3.8, 4) is 0 Å². The van der Waals surface area contributed by atoms with Crippen LogP contribution in [-0.4, -0.2) is 29.2 Å². The maximum atomic E-state index is 13.7. The summed E-state index contributed by atoms with van der Waals surface area (Å²) in [6.45, 7) is 3.24. The van der Waals surface area contributed by atoms with Gasteiger partial charge in [0.1, 0.15) is 0 Å². The van der Waals surface area contributed by atoms with E-state index in [0.29, 0.717) is 11.1 Å². The molecule has 4 rings (SSSR count). The first-order chi connectivity index (χ1) is 15.2. The lowest BCUT2D eigenvalue weighted by atomic mass is 9.81. The van der Waals surface area contributed by atoms with Crippen LogP contribution in [0.15, 0.2) is 66.7 Å². The van der Waals surface area contributed by atoms with E-state index < -0.39 is 41.4 Å². The summed E-state index contributed by atoms with van der Waals surface area (Å²) < 4.78 is 26.8. The average molecular weight is 434 g/mol. The molecule has 0 spiro atoms. The molecular formula is C25H20F2N2O3. The standard InChI is InChI=1S/C25H20F2N2O3/c1-15-8-10-19(12-16(15)2)25(18-6-4-3-5-7-18)23(31)29(24(32)28-25)14-22(30)17-9-11-20(26)21(27)13-17/h3-13H,14H2,1-2H3,(H,28,32)/t25-/m0/s1. The molecule has 5 nitrogen and oxygen atoms in total. The van der Waals surface area contributed by atoms with E-state index in [1.807, 2.05) is 26.0 Å². The van der Waals surface area contributed by atoms with Crippen LogP contribution in [0.2, 0.25) is 0 Å². The van der Waals surface area contributed by atoms with Gasteiger partial charge in [-0.3, -0.25) is 14.5 Å². The molecule has 0 aromatic heterocycles. The molecule has 3 aromatic carbocycles. The number of nitrogens with zero attached hydrogens (tertiary/aromatic N) is 1. The molecule has 0 saturated carbocycles. The Hall–Kier alpha value is -3.87. The van der Waals surface area contributed by atoms with Gasteiger partial charge in [0, 0.05) is 5.56 Å². The van der Waals surface area contributed by atoms with Crippen molar-refractivity contribution in [2.45, 2.75) is 19.4 Å². The highest BCUT2D eigenvalue weighted by Crippen LogP contribution is 2.37. The van der Waals surface area contributed by atoms with Crippen molar-refractivity contribution in [2.24, 2.45) is 0 Å². The van der Waals surface area contributed by atoms with E-state index in [-0.39, 0.29) is 5.56 Å². The summed E-state index contributed by atoms with van der Waals surface area (Å²) in [6.07, 6.45) is 0. The third kappa shape index (κ3) is 3.45. The number of halogens is 2. The molecule has 3 amide bonds. The van der Waals surface area contributed by atoms with Crippen molar-refractivity contribution < 1.29 is 23.2 Å². The van der Waals surface area contributed by atoms with Crippen molar-refractivity contribution in [3.05, 3.63) is 106 Å². The van der Waals surface area contributed by atoms with Crippen LogP contribution >= 0.6 is 0 Å². The Morgan fingerprint density at radius 3 is 2.25 bits per heavy atom. The Balaban J connectivity index is 1.75. The molecule has 1 heterocycles. The number of Topliss-reactive ketones (excluding diaryl/α,β-unsaturated/α-hetero) is 1. The zero-order valence-corrected chi connectivity index (χ0v) is 17.5. The molecule has 1 aliphatic heterocycles. The number of benzene rings is 3. The van der Waals surface area contributed by atoms with Gasteiger partial charge in [-0.1, -0.05) is 48.5 Å². The van der Waals surface area contributed by atoms with Crippen molar-refractivity contribution in [1.82, 2.24) is 10.2 Å². The maximum absolute atomic E-state index is 13.7.